The van der Waals surface area contributed by atoms with E-state index in [1.165, 1.54) is 0 Å². The number of hydrogen-bond acceptors (Lipinski definition) is 4. The maximum atomic E-state index is 12.2. The van der Waals surface area contributed by atoms with Crippen LogP contribution in [0.1, 0.15) is 31.5 Å². The molecule has 1 aromatic heterocycles. The summed E-state index contributed by atoms with van der Waals surface area (Å²) in [5.74, 6) is 0. The normalized spacial score (nSPS) is 18.0. The summed E-state index contributed by atoms with van der Waals surface area (Å²) in [5, 5.41) is 2.91. The number of hydrogen-bond donors (Lipinski definition) is 2. The fourth-order valence-electron chi connectivity index (χ4n) is 2.49. The van der Waals surface area contributed by atoms with Crippen LogP contribution in [0, 0.1) is 0 Å². The van der Waals surface area contributed by atoms with E-state index in [-0.39, 0.29) is 18.1 Å². The molecule has 0 unspecified atom stereocenters. The minimum absolute atomic E-state index is 0.0905. The second-order valence-corrected chi connectivity index (χ2v) is 7.36. The van der Waals surface area contributed by atoms with Gasteiger partial charge in [-0.2, -0.15) is 0 Å². The summed E-state index contributed by atoms with van der Waals surface area (Å²) in [7, 11) is -3.19. The van der Waals surface area contributed by atoms with Crippen LogP contribution in [0.5, 0.6) is 0 Å². The van der Waals surface area contributed by atoms with Crippen LogP contribution in [-0.4, -0.2) is 49.7 Å². The molecule has 1 aromatic rings. The van der Waals surface area contributed by atoms with E-state index in [1.807, 2.05) is 25.1 Å². The van der Waals surface area contributed by atoms with Crippen LogP contribution in [-0.2, 0) is 10.0 Å². The van der Waals surface area contributed by atoms with Gasteiger partial charge in [0.2, 0.25) is 10.0 Å². The first-order chi connectivity index (χ1) is 10.3. The summed E-state index contributed by atoms with van der Waals surface area (Å²) < 4.78 is 25.0. The number of amides is 2. The van der Waals surface area contributed by atoms with Crippen LogP contribution >= 0.6 is 0 Å². The Hall–Kier alpha value is -1.67. The van der Waals surface area contributed by atoms with Gasteiger partial charge in [0.15, 0.2) is 0 Å². The first-order valence-electron chi connectivity index (χ1n) is 7.29. The highest BCUT2D eigenvalue weighted by atomic mass is 32.2. The molecule has 2 amide bonds. The van der Waals surface area contributed by atoms with Gasteiger partial charge in [-0.05, 0) is 31.9 Å². The molecule has 0 aliphatic carbocycles. The van der Waals surface area contributed by atoms with Crippen LogP contribution < -0.4 is 10.0 Å². The van der Waals surface area contributed by atoms with Crippen molar-refractivity contribution in [2.45, 2.75) is 31.8 Å². The minimum atomic E-state index is -3.19. The molecule has 8 heteroatoms. The summed E-state index contributed by atoms with van der Waals surface area (Å²) in [5.41, 5.74) is 0.810. The van der Waals surface area contributed by atoms with Crippen molar-refractivity contribution in [3.05, 3.63) is 30.1 Å². The van der Waals surface area contributed by atoms with Crippen LogP contribution in [0.2, 0.25) is 0 Å². The number of urea groups is 1. The average Bonchev–Trinajstić information content (AvgIpc) is 2.47. The Balaban J connectivity index is 1.83. The lowest BCUT2D eigenvalue weighted by Gasteiger charge is -2.32. The van der Waals surface area contributed by atoms with Crippen molar-refractivity contribution in [3.8, 4) is 0 Å². The molecular weight excluding hydrogens is 304 g/mol. The number of nitrogens with zero attached hydrogens (tertiary/aromatic N) is 2. The van der Waals surface area contributed by atoms with Gasteiger partial charge < -0.3 is 10.2 Å². The third-order valence-electron chi connectivity index (χ3n) is 3.63. The topological polar surface area (TPSA) is 91.4 Å². The van der Waals surface area contributed by atoms with Crippen LogP contribution in [0.15, 0.2) is 24.4 Å². The number of carbonyl (C=O) groups excluding carboxylic acids is 1. The summed E-state index contributed by atoms with van der Waals surface area (Å²) in [4.78, 5) is 18.1. The molecule has 2 N–H and O–H groups in total. The maximum absolute atomic E-state index is 12.2. The van der Waals surface area contributed by atoms with Crippen molar-refractivity contribution in [3.63, 3.8) is 0 Å². The SMILES string of the molecule is C[C@@H](NC(=O)N1CCC(NS(C)(=O)=O)CC1)c1ccccn1. The van der Waals surface area contributed by atoms with Gasteiger partial charge in [0, 0.05) is 25.3 Å². The molecule has 7 nitrogen and oxygen atoms in total. The highest BCUT2D eigenvalue weighted by molar-refractivity contribution is 7.88. The van der Waals surface area contributed by atoms with Crippen LogP contribution in [0.3, 0.4) is 0 Å². The lowest BCUT2D eigenvalue weighted by Crippen LogP contribution is -2.49. The van der Waals surface area contributed by atoms with Gasteiger partial charge in [0.1, 0.15) is 0 Å². The van der Waals surface area contributed by atoms with Crippen molar-refractivity contribution >= 4 is 16.1 Å². The second-order valence-electron chi connectivity index (χ2n) is 5.58. The number of pyridine rings is 1. The van der Waals surface area contributed by atoms with Gasteiger partial charge in [-0.25, -0.2) is 17.9 Å². The number of carbonyl (C=O) groups is 1. The van der Waals surface area contributed by atoms with E-state index in [0.29, 0.717) is 25.9 Å². The number of sulfonamides is 1. The second kappa shape index (κ2) is 7.06. The standard InChI is InChI=1S/C14H22N4O3S/c1-11(13-5-3-4-8-15-13)16-14(19)18-9-6-12(7-10-18)17-22(2,20)21/h3-5,8,11-12,17H,6-7,9-10H2,1-2H3,(H,16,19)/t11-/m1/s1. The van der Waals surface area contributed by atoms with Crippen molar-refractivity contribution in [1.29, 1.82) is 0 Å². The smallest absolute Gasteiger partial charge is 0.317 e. The number of likely N-dealkylation sites (tertiary alicyclic amines) is 1. The maximum Gasteiger partial charge on any atom is 0.317 e. The Labute approximate surface area is 131 Å². The monoisotopic (exact) mass is 326 g/mol. The predicted molar refractivity (Wildman–Crippen MR) is 83.8 cm³/mol. The Kier molecular flexibility index (Phi) is 5.36. The lowest BCUT2D eigenvalue weighted by molar-refractivity contribution is 0.177. The Morgan fingerprint density at radius 2 is 2.05 bits per heavy atom. The van der Waals surface area contributed by atoms with Crippen LogP contribution in [0.25, 0.3) is 0 Å². The highest BCUT2D eigenvalue weighted by Gasteiger charge is 2.25. The predicted octanol–water partition coefficient (Wildman–Crippen LogP) is 0.866. The largest absolute Gasteiger partial charge is 0.330 e. The summed E-state index contributed by atoms with van der Waals surface area (Å²) >= 11 is 0. The van der Waals surface area contributed by atoms with Crippen molar-refractivity contribution in [2.75, 3.05) is 19.3 Å². The zero-order valence-electron chi connectivity index (χ0n) is 12.8. The van der Waals surface area contributed by atoms with Crippen molar-refractivity contribution in [1.82, 2.24) is 19.9 Å². The van der Waals surface area contributed by atoms with Gasteiger partial charge in [0.05, 0.1) is 18.0 Å². The van der Waals surface area contributed by atoms with Gasteiger partial charge in [0.25, 0.3) is 0 Å². The zero-order chi connectivity index (χ0) is 16.2. The van der Waals surface area contributed by atoms with Gasteiger partial charge in [-0.1, -0.05) is 6.07 Å². The fraction of sp³-hybridized carbons (Fsp3) is 0.571. The van der Waals surface area contributed by atoms with E-state index in [4.69, 9.17) is 0 Å². The van der Waals surface area contributed by atoms with E-state index in [1.54, 1.807) is 11.1 Å². The molecule has 22 heavy (non-hydrogen) atoms. The fourth-order valence-corrected chi connectivity index (χ4v) is 3.33. The molecule has 0 aromatic carbocycles. The Morgan fingerprint density at radius 1 is 1.36 bits per heavy atom. The molecule has 0 saturated carbocycles. The molecule has 2 rings (SSSR count). The number of nitrogens with one attached hydrogen (secondary N) is 2. The van der Waals surface area contributed by atoms with E-state index >= 15 is 0 Å². The average molecular weight is 326 g/mol. The minimum Gasteiger partial charge on any atom is -0.330 e. The molecule has 0 radical (unpaired) electrons. The number of piperidine rings is 1. The quantitative estimate of drug-likeness (QED) is 0.859. The van der Waals surface area contributed by atoms with Crippen molar-refractivity contribution in [2.24, 2.45) is 0 Å². The van der Waals surface area contributed by atoms with Crippen LogP contribution in [0.4, 0.5) is 4.79 Å². The zero-order valence-corrected chi connectivity index (χ0v) is 13.6. The molecule has 1 saturated heterocycles. The molecule has 1 aliphatic rings. The first kappa shape index (κ1) is 16.7. The molecular formula is C14H22N4O3S. The Bertz CT molecular complexity index is 598. The van der Waals surface area contributed by atoms with E-state index in [0.717, 1.165) is 11.9 Å². The number of rotatable bonds is 4. The van der Waals surface area contributed by atoms with E-state index in [2.05, 4.69) is 15.0 Å². The number of aromatic nitrogens is 1. The molecule has 1 fully saturated rings. The Morgan fingerprint density at radius 3 is 2.59 bits per heavy atom. The lowest BCUT2D eigenvalue weighted by atomic mass is 10.1. The summed E-state index contributed by atoms with van der Waals surface area (Å²) in [6, 6.07) is 5.18. The molecule has 1 atom stereocenters. The van der Waals surface area contributed by atoms with E-state index < -0.39 is 10.0 Å². The highest BCUT2D eigenvalue weighted by Crippen LogP contribution is 2.13. The van der Waals surface area contributed by atoms with E-state index in [9.17, 15) is 13.2 Å². The summed E-state index contributed by atoms with van der Waals surface area (Å²) in [6.07, 6.45) is 4.10. The van der Waals surface area contributed by atoms with Gasteiger partial charge >= 0.3 is 6.03 Å². The molecule has 0 spiro atoms. The summed E-state index contributed by atoms with van der Waals surface area (Å²) in [6.45, 7) is 2.96. The van der Waals surface area contributed by atoms with Gasteiger partial charge in [-0.15, -0.1) is 0 Å². The van der Waals surface area contributed by atoms with Crippen molar-refractivity contribution < 1.29 is 13.2 Å². The third-order valence-corrected chi connectivity index (χ3v) is 4.40. The van der Waals surface area contributed by atoms with Gasteiger partial charge in [-0.3, -0.25) is 4.98 Å². The first-order valence-corrected chi connectivity index (χ1v) is 9.18. The molecule has 2 heterocycles. The molecule has 1 aliphatic heterocycles. The molecule has 122 valence electrons. The molecule has 0 bridgehead atoms. The third kappa shape index (κ3) is 4.96.